The highest BCUT2D eigenvalue weighted by Gasteiger charge is 2.23. The number of carbonyl (C=O) groups is 1. The maximum Gasteiger partial charge on any atom is 0.255 e. The van der Waals surface area contributed by atoms with Gasteiger partial charge in [0.25, 0.3) is 5.91 Å². The van der Waals surface area contributed by atoms with Gasteiger partial charge in [0.1, 0.15) is 13.6 Å². The highest BCUT2D eigenvalue weighted by molar-refractivity contribution is 6.32. The van der Waals surface area contributed by atoms with Crippen molar-refractivity contribution in [1.82, 2.24) is 5.32 Å². The Morgan fingerprint density at radius 3 is 3.00 bits per heavy atom. The molecule has 0 saturated carbocycles. The molecule has 0 atom stereocenters. The zero-order valence-corrected chi connectivity index (χ0v) is 7.68. The van der Waals surface area contributed by atoms with Crippen molar-refractivity contribution in [1.29, 1.82) is 0 Å². The molecule has 0 saturated heterocycles. The number of nitrogens with one attached hydrogen (secondary N) is 1. The van der Waals surface area contributed by atoms with E-state index in [1.807, 2.05) is 20.0 Å². The van der Waals surface area contributed by atoms with Crippen molar-refractivity contribution < 1.29 is 9.53 Å². The van der Waals surface area contributed by atoms with Gasteiger partial charge in [0, 0.05) is 6.54 Å². The Morgan fingerprint density at radius 2 is 2.31 bits per heavy atom. The van der Waals surface area contributed by atoms with Crippen molar-refractivity contribution in [3.8, 4) is 5.75 Å². The number of ether oxygens (including phenoxy) is 1. The van der Waals surface area contributed by atoms with Crippen LogP contribution in [0.4, 0.5) is 0 Å². The number of rotatable bonds is 1. The predicted molar refractivity (Wildman–Crippen MR) is 52.3 cm³/mol. The smallest absolute Gasteiger partial charge is 0.255 e. The van der Waals surface area contributed by atoms with E-state index in [1.165, 1.54) is 0 Å². The number of hydrogen-bond acceptors (Lipinski definition) is 2. The first-order valence-corrected chi connectivity index (χ1v) is 4.18. The van der Waals surface area contributed by atoms with Gasteiger partial charge in [-0.2, -0.15) is 0 Å². The monoisotopic (exact) mass is 175 g/mol. The maximum atomic E-state index is 11.4. The van der Waals surface area contributed by atoms with E-state index in [0.29, 0.717) is 17.9 Å². The molecule has 0 radical (unpaired) electrons. The van der Waals surface area contributed by atoms with Crippen LogP contribution in [0.3, 0.4) is 0 Å². The molecular weight excluding hydrogens is 165 g/mol. The summed E-state index contributed by atoms with van der Waals surface area (Å²) in [7, 11) is 3.58. The van der Waals surface area contributed by atoms with Crippen molar-refractivity contribution in [2.24, 2.45) is 0 Å². The molecule has 0 aliphatic carbocycles. The molecule has 0 fully saturated rings. The molecule has 1 amide bonds. The fourth-order valence-corrected chi connectivity index (χ4v) is 1.65. The van der Waals surface area contributed by atoms with Gasteiger partial charge >= 0.3 is 0 Å². The molecule has 1 aliphatic rings. The first kappa shape index (κ1) is 8.17. The third-order valence-corrected chi connectivity index (χ3v) is 2.21. The van der Waals surface area contributed by atoms with Crippen LogP contribution >= 0.6 is 0 Å². The average molecular weight is 175 g/mol. The second kappa shape index (κ2) is 2.80. The third kappa shape index (κ3) is 1.18. The molecule has 1 aromatic rings. The summed E-state index contributed by atoms with van der Waals surface area (Å²) in [6.07, 6.45) is 0. The van der Waals surface area contributed by atoms with E-state index in [2.05, 4.69) is 5.32 Å². The molecule has 0 spiro atoms. The maximum absolute atomic E-state index is 11.4. The van der Waals surface area contributed by atoms with Crippen molar-refractivity contribution in [2.45, 2.75) is 6.54 Å². The molecule has 66 valence electrons. The van der Waals surface area contributed by atoms with E-state index in [-0.39, 0.29) is 5.91 Å². The Balaban J connectivity index is 2.64. The summed E-state index contributed by atoms with van der Waals surface area (Å²) < 4.78 is 5.15. The van der Waals surface area contributed by atoms with Gasteiger partial charge < -0.3 is 10.1 Å². The summed E-state index contributed by atoms with van der Waals surface area (Å²) in [5.74, 6) is 0.636. The standard InChI is InChI=1S/C9H10BNO2/c1-13-7-3-6(10)2-5-4-11-9(12)8(5)7/h2-3H,4,10H2,1H3,(H,11,12). The largest absolute Gasteiger partial charge is 0.496 e. The number of fused-ring (bicyclic) bond motifs is 1. The second-order valence-electron chi connectivity index (χ2n) is 3.18. The molecule has 4 heteroatoms. The highest BCUT2D eigenvalue weighted by atomic mass is 16.5. The fourth-order valence-electron chi connectivity index (χ4n) is 1.65. The molecule has 3 nitrogen and oxygen atoms in total. The summed E-state index contributed by atoms with van der Waals surface area (Å²) in [6, 6.07) is 3.89. The van der Waals surface area contributed by atoms with Crippen LogP contribution in [-0.2, 0) is 6.54 Å². The summed E-state index contributed by atoms with van der Waals surface area (Å²) in [5.41, 5.74) is 2.84. The van der Waals surface area contributed by atoms with Crippen molar-refractivity contribution in [2.75, 3.05) is 7.11 Å². The van der Waals surface area contributed by atoms with Crippen molar-refractivity contribution >= 4 is 19.2 Å². The van der Waals surface area contributed by atoms with Gasteiger partial charge in [0.15, 0.2) is 0 Å². The molecule has 2 rings (SSSR count). The molecule has 1 heterocycles. The van der Waals surface area contributed by atoms with Crippen molar-refractivity contribution in [3.05, 3.63) is 23.3 Å². The molecule has 0 aromatic heterocycles. The minimum atomic E-state index is -0.0353. The fraction of sp³-hybridized carbons (Fsp3) is 0.222. The first-order chi connectivity index (χ1) is 6.22. The lowest BCUT2D eigenvalue weighted by atomic mass is 9.92. The van der Waals surface area contributed by atoms with E-state index in [4.69, 9.17) is 4.74 Å². The number of carbonyl (C=O) groups excluding carboxylic acids is 1. The van der Waals surface area contributed by atoms with Crippen LogP contribution in [0.25, 0.3) is 0 Å². The van der Waals surface area contributed by atoms with Crippen LogP contribution in [0.2, 0.25) is 0 Å². The van der Waals surface area contributed by atoms with Crippen LogP contribution in [0.5, 0.6) is 5.75 Å². The Labute approximate surface area is 77.5 Å². The Hall–Kier alpha value is -1.45. The van der Waals surface area contributed by atoms with Gasteiger partial charge in [-0.05, 0) is 11.6 Å². The minimum Gasteiger partial charge on any atom is -0.496 e. The first-order valence-electron chi connectivity index (χ1n) is 4.18. The summed E-state index contributed by atoms with van der Waals surface area (Å²) in [4.78, 5) is 11.4. The van der Waals surface area contributed by atoms with E-state index in [9.17, 15) is 4.79 Å². The summed E-state index contributed by atoms with van der Waals surface area (Å²) in [5, 5.41) is 2.77. The Morgan fingerprint density at radius 1 is 1.54 bits per heavy atom. The van der Waals surface area contributed by atoms with Gasteiger partial charge in [-0.25, -0.2) is 0 Å². The van der Waals surface area contributed by atoms with E-state index in [0.717, 1.165) is 11.0 Å². The van der Waals surface area contributed by atoms with Crippen LogP contribution in [0, 0.1) is 0 Å². The van der Waals surface area contributed by atoms with Gasteiger partial charge in [-0.3, -0.25) is 4.79 Å². The Kier molecular flexibility index (Phi) is 1.76. The molecule has 0 unspecified atom stereocenters. The minimum absolute atomic E-state index is 0.0353. The van der Waals surface area contributed by atoms with Crippen LogP contribution < -0.4 is 15.5 Å². The van der Waals surface area contributed by atoms with Gasteiger partial charge in [-0.1, -0.05) is 11.5 Å². The van der Waals surface area contributed by atoms with Gasteiger partial charge in [-0.15, -0.1) is 0 Å². The molecule has 1 N–H and O–H groups in total. The summed E-state index contributed by atoms with van der Waals surface area (Å²) >= 11 is 0. The second-order valence-corrected chi connectivity index (χ2v) is 3.18. The SMILES string of the molecule is Bc1cc2c(c(OC)c1)C(=O)NC2. The number of hydrogen-bond donors (Lipinski definition) is 1. The summed E-state index contributed by atoms with van der Waals surface area (Å²) in [6.45, 7) is 0.617. The molecule has 0 bridgehead atoms. The molecular formula is C9H10BNO2. The lowest BCUT2D eigenvalue weighted by Gasteiger charge is -2.06. The number of benzene rings is 1. The molecule has 1 aliphatic heterocycles. The van der Waals surface area contributed by atoms with Crippen LogP contribution in [-0.4, -0.2) is 20.9 Å². The topological polar surface area (TPSA) is 38.3 Å². The zero-order valence-electron chi connectivity index (χ0n) is 7.68. The zero-order chi connectivity index (χ0) is 9.42. The van der Waals surface area contributed by atoms with Crippen LogP contribution in [0.15, 0.2) is 12.1 Å². The van der Waals surface area contributed by atoms with E-state index >= 15 is 0 Å². The van der Waals surface area contributed by atoms with E-state index < -0.39 is 0 Å². The predicted octanol–water partition coefficient (Wildman–Crippen LogP) is -0.803. The lowest BCUT2D eigenvalue weighted by Crippen LogP contribution is -2.13. The normalized spacial score (nSPS) is 13.8. The highest BCUT2D eigenvalue weighted by Crippen LogP contribution is 2.24. The quantitative estimate of drug-likeness (QED) is 0.567. The van der Waals surface area contributed by atoms with Crippen LogP contribution in [0.1, 0.15) is 15.9 Å². The lowest BCUT2D eigenvalue weighted by molar-refractivity contribution is 0.0963. The van der Waals surface area contributed by atoms with Gasteiger partial charge in [0.05, 0.1) is 12.7 Å². The number of methoxy groups -OCH3 is 1. The van der Waals surface area contributed by atoms with Gasteiger partial charge in [0.2, 0.25) is 0 Å². The third-order valence-electron chi connectivity index (χ3n) is 2.21. The number of amides is 1. The molecule has 13 heavy (non-hydrogen) atoms. The average Bonchev–Trinajstić information content (AvgIpc) is 2.46. The van der Waals surface area contributed by atoms with E-state index in [1.54, 1.807) is 7.11 Å². The Bertz CT molecular complexity index is 376. The van der Waals surface area contributed by atoms with Crippen molar-refractivity contribution in [3.63, 3.8) is 0 Å². The molecule has 1 aromatic carbocycles.